The number of alkyl halides is 6. The van der Waals surface area contributed by atoms with Crippen LogP contribution in [-0.4, -0.2) is 43.7 Å². The van der Waals surface area contributed by atoms with Gasteiger partial charge in [-0.05, 0) is 12.1 Å². The van der Waals surface area contributed by atoms with E-state index in [1.54, 1.807) is 0 Å². The van der Waals surface area contributed by atoms with Crippen molar-refractivity contribution < 1.29 is 45.8 Å². The zero-order chi connectivity index (χ0) is 27.0. The number of ketones is 2. The smallest absolute Gasteiger partial charge is 0.360 e. The second kappa shape index (κ2) is 9.12. The van der Waals surface area contributed by atoms with Crippen molar-refractivity contribution in [2.75, 3.05) is 0 Å². The number of rotatable bonds is 4. The van der Waals surface area contributed by atoms with E-state index in [2.05, 4.69) is 9.97 Å². The quantitative estimate of drug-likeness (QED) is 0.155. The van der Waals surface area contributed by atoms with E-state index >= 15 is 0 Å². The minimum Gasteiger partial charge on any atom is -0.360 e. The first-order valence-electron chi connectivity index (χ1n) is 9.35. The fourth-order valence-corrected chi connectivity index (χ4v) is 3.14. The molecule has 36 heavy (non-hydrogen) atoms. The second-order valence-electron chi connectivity index (χ2n) is 7.03. The van der Waals surface area contributed by atoms with Gasteiger partial charge in [-0.2, -0.15) is 26.3 Å². The topological polar surface area (TPSA) is 152 Å². The molecule has 16 heteroatoms. The largest absolute Gasteiger partial charge is 0.454 e. The maximum absolute atomic E-state index is 12.3. The summed E-state index contributed by atoms with van der Waals surface area (Å²) in [7, 11) is 0. The molecular weight excluding hydrogens is 506 g/mol. The highest BCUT2D eigenvalue weighted by Crippen LogP contribution is 2.30. The lowest BCUT2D eigenvalue weighted by Crippen LogP contribution is -2.22. The first-order chi connectivity index (χ1) is 16.6. The number of hydrogen-bond acceptors (Lipinski definition) is 6. The van der Waals surface area contributed by atoms with E-state index < -0.39 is 44.9 Å². The number of fused-ring (bicyclic) bond motifs is 2. The SMILES string of the molecule is O=C(c1c[nH]c2cc([N+](=O)[O-])ccc12)C(F)(F)F.O=C(c1c[nH]c2cc([N+](=O)[O-])ccc12)C(F)(F)F. The van der Waals surface area contributed by atoms with Crippen LogP contribution in [0.4, 0.5) is 37.7 Å². The lowest BCUT2D eigenvalue weighted by atomic mass is 10.1. The van der Waals surface area contributed by atoms with Crippen LogP contribution in [0.25, 0.3) is 21.8 Å². The first-order valence-corrected chi connectivity index (χ1v) is 9.35. The van der Waals surface area contributed by atoms with Crippen molar-refractivity contribution in [3.63, 3.8) is 0 Å². The summed E-state index contributed by atoms with van der Waals surface area (Å²) in [5.41, 5.74) is -1.42. The number of nitrogens with zero attached hydrogens (tertiary/aromatic N) is 2. The molecule has 0 saturated carbocycles. The van der Waals surface area contributed by atoms with Crippen LogP contribution in [0.15, 0.2) is 48.8 Å². The average Bonchev–Trinajstić information content (AvgIpc) is 3.40. The number of carbonyl (C=O) groups is 2. The molecule has 2 N–H and O–H groups in total. The Bertz CT molecular complexity index is 1400. The summed E-state index contributed by atoms with van der Waals surface area (Å²) in [5.74, 6) is -3.97. The molecule has 188 valence electrons. The minimum absolute atomic E-state index is 0.00271. The first kappa shape index (κ1) is 25.9. The molecule has 0 unspecified atom stereocenters. The summed E-state index contributed by atoms with van der Waals surface area (Å²) in [5, 5.41) is 21.0. The normalized spacial score (nSPS) is 11.7. The molecule has 0 aliphatic rings. The standard InChI is InChI=1S/2C10H5F3N2O3/c2*11-10(12,13)9(16)7-4-14-8-3-5(15(17)18)1-2-6(7)8/h2*1-4,14H. The van der Waals surface area contributed by atoms with Gasteiger partial charge in [0.05, 0.1) is 32.0 Å². The number of aromatic amines is 2. The Kier molecular flexibility index (Phi) is 6.55. The van der Waals surface area contributed by atoms with E-state index in [1.165, 1.54) is 0 Å². The summed E-state index contributed by atoms with van der Waals surface area (Å²) >= 11 is 0. The Morgan fingerprint density at radius 2 is 1.00 bits per heavy atom. The van der Waals surface area contributed by atoms with Crippen molar-refractivity contribution in [2.45, 2.75) is 12.4 Å². The van der Waals surface area contributed by atoms with Crippen LogP contribution in [0.3, 0.4) is 0 Å². The van der Waals surface area contributed by atoms with Crippen LogP contribution < -0.4 is 0 Å². The van der Waals surface area contributed by atoms with Crippen molar-refractivity contribution in [1.82, 2.24) is 9.97 Å². The van der Waals surface area contributed by atoms with Crippen LogP contribution in [0.1, 0.15) is 20.7 Å². The lowest BCUT2D eigenvalue weighted by Gasteiger charge is -2.03. The van der Waals surface area contributed by atoms with Gasteiger partial charge >= 0.3 is 12.4 Å². The van der Waals surface area contributed by atoms with Crippen LogP contribution in [0.5, 0.6) is 0 Å². The highest BCUT2D eigenvalue weighted by molar-refractivity contribution is 6.11. The molecule has 0 bridgehead atoms. The number of H-pyrrole nitrogens is 2. The molecule has 0 fully saturated rings. The summed E-state index contributed by atoms with van der Waals surface area (Å²) < 4.78 is 73.7. The number of carbonyl (C=O) groups excluding carboxylic acids is 2. The number of nitro groups is 2. The van der Waals surface area contributed by atoms with Gasteiger partial charge in [-0.15, -0.1) is 0 Å². The fraction of sp³-hybridized carbons (Fsp3) is 0.100. The number of nitro benzene ring substituents is 2. The third-order valence-corrected chi connectivity index (χ3v) is 4.76. The molecule has 2 heterocycles. The molecule has 0 saturated heterocycles. The van der Waals surface area contributed by atoms with Crippen molar-refractivity contribution in [3.05, 3.63) is 80.1 Å². The minimum atomic E-state index is -4.98. The molecule has 0 spiro atoms. The van der Waals surface area contributed by atoms with Gasteiger partial charge in [-0.25, -0.2) is 0 Å². The maximum Gasteiger partial charge on any atom is 0.454 e. The van der Waals surface area contributed by atoms with Gasteiger partial charge in [0.15, 0.2) is 0 Å². The zero-order valence-corrected chi connectivity index (χ0v) is 17.2. The average molecular weight is 516 g/mol. The number of halogens is 6. The Morgan fingerprint density at radius 3 is 1.28 bits per heavy atom. The van der Waals surface area contributed by atoms with E-state index in [9.17, 15) is 56.2 Å². The van der Waals surface area contributed by atoms with Crippen LogP contribution in [-0.2, 0) is 0 Å². The highest BCUT2D eigenvalue weighted by Gasteiger charge is 2.41. The predicted octanol–water partition coefficient (Wildman–Crippen LogP) is 5.64. The number of nitrogens with one attached hydrogen (secondary N) is 2. The van der Waals surface area contributed by atoms with Gasteiger partial charge in [0.2, 0.25) is 0 Å². The van der Waals surface area contributed by atoms with Crippen molar-refractivity contribution >= 4 is 44.7 Å². The zero-order valence-electron chi connectivity index (χ0n) is 17.2. The Labute approximate surface area is 193 Å². The fourth-order valence-electron chi connectivity index (χ4n) is 3.14. The molecule has 4 aromatic rings. The Balaban J connectivity index is 0.000000201. The Morgan fingerprint density at radius 1 is 0.667 bits per heavy atom. The van der Waals surface area contributed by atoms with E-state index in [1.807, 2.05) is 0 Å². The third-order valence-electron chi connectivity index (χ3n) is 4.76. The molecule has 0 aliphatic heterocycles. The molecule has 4 rings (SSSR count). The molecule has 2 aromatic carbocycles. The summed E-state index contributed by atoms with van der Waals surface area (Å²) in [6.07, 6.45) is -8.16. The summed E-state index contributed by atoms with van der Waals surface area (Å²) in [6.45, 7) is 0. The van der Waals surface area contributed by atoms with Crippen molar-refractivity contribution in [1.29, 1.82) is 0 Å². The van der Waals surface area contributed by atoms with Crippen molar-refractivity contribution in [3.8, 4) is 0 Å². The number of benzene rings is 2. The van der Waals surface area contributed by atoms with Gasteiger partial charge in [0.1, 0.15) is 0 Å². The molecule has 0 aliphatic carbocycles. The van der Waals surface area contributed by atoms with Gasteiger partial charge in [-0.3, -0.25) is 29.8 Å². The Hall–Kier alpha value is -4.76. The van der Waals surface area contributed by atoms with Gasteiger partial charge in [0, 0.05) is 47.4 Å². The van der Waals surface area contributed by atoms with Crippen molar-refractivity contribution in [2.24, 2.45) is 0 Å². The molecule has 10 nitrogen and oxygen atoms in total. The van der Waals surface area contributed by atoms with E-state index in [0.717, 1.165) is 48.8 Å². The highest BCUT2D eigenvalue weighted by atomic mass is 19.4. The number of hydrogen-bond donors (Lipinski definition) is 2. The second-order valence-corrected chi connectivity index (χ2v) is 7.03. The van der Waals surface area contributed by atoms with E-state index in [4.69, 9.17) is 0 Å². The van der Waals surface area contributed by atoms with Gasteiger partial charge < -0.3 is 9.97 Å². The maximum atomic E-state index is 12.3. The number of non-ortho nitro benzene ring substituents is 2. The van der Waals surface area contributed by atoms with E-state index in [-0.39, 0.29) is 33.2 Å². The van der Waals surface area contributed by atoms with Crippen LogP contribution in [0.2, 0.25) is 0 Å². The number of Topliss-reactive ketones (excluding diaryl/α,β-unsaturated/α-hetero) is 2. The molecule has 0 radical (unpaired) electrons. The van der Waals surface area contributed by atoms with Gasteiger partial charge in [0.25, 0.3) is 22.9 Å². The monoisotopic (exact) mass is 516 g/mol. The van der Waals surface area contributed by atoms with E-state index in [0.29, 0.717) is 0 Å². The summed E-state index contributed by atoms with van der Waals surface area (Å²) in [6, 6.07) is 6.46. The third kappa shape index (κ3) is 5.16. The van der Waals surface area contributed by atoms with Crippen LogP contribution >= 0.6 is 0 Å². The lowest BCUT2D eigenvalue weighted by molar-refractivity contribution is -0.384. The molecular formula is C20H10F6N4O6. The number of aromatic nitrogens is 2. The molecule has 0 amide bonds. The van der Waals surface area contributed by atoms with Gasteiger partial charge in [-0.1, -0.05) is 0 Å². The molecule has 0 atom stereocenters. The molecule has 2 aromatic heterocycles. The summed E-state index contributed by atoms with van der Waals surface area (Å²) in [4.78, 5) is 46.6. The predicted molar refractivity (Wildman–Crippen MR) is 111 cm³/mol. The van der Waals surface area contributed by atoms with Crippen LogP contribution in [0, 0.1) is 20.2 Å².